The van der Waals surface area contributed by atoms with Gasteiger partial charge in [0.05, 0.1) is 19.9 Å². The van der Waals surface area contributed by atoms with Crippen LogP contribution in [0.5, 0.6) is 11.5 Å². The Kier molecular flexibility index (Phi) is 7.64. The molecule has 8 heteroatoms. The highest BCUT2D eigenvalue weighted by molar-refractivity contribution is 6.11. The molecule has 0 radical (unpaired) electrons. The highest BCUT2D eigenvalue weighted by Gasteiger charge is 2.30. The molecule has 0 saturated carbocycles. The minimum absolute atomic E-state index is 0.0807. The van der Waals surface area contributed by atoms with E-state index < -0.39 is 6.04 Å². The van der Waals surface area contributed by atoms with Crippen LogP contribution in [-0.4, -0.2) is 55.7 Å². The van der Waals surface area contributed by atoms with Crippen molar-refractivity contribution in [3.63, 3.8) is 0 Å². The maximum absolute atomic E-state index is 14.1. The molecule has 1 atom stereocenters. The van der Waals surface area contributed by atoms with Crippen LogP contribution in [0.15, 0.2) is 47.1 Å². The number of fused-ring (bicyclic) bond motifs is 1. The average Bonchev–Trinajstić information content (AvgIpc) is 3.43. The third kappa shape index (κ3) is 5.39. The zero-order chi connectivity index (χ0) is 25.8. The van der Waals surface area contributed by atoms with Gasteiger partial charge >= 0.3 is 0 Å². The van der Waals surface area contributed by atoms with Gasteiger partial charge in [-0.2, -0.15) is 0 Å². The third-order valence-electron chi connectivity index (χ3n) is 6.38. The van der Waals surface area contributed by atoms with Crippen molar-refractivity contribution in [1.29, 1.82) is 0 Å². The number of carbonyl (C=O) groups excluding carboxylic acids is 1. The lowest BCUT2D eigenvalue weighted by Gasteiger charge is -2.20. The molecule has 0 bridgehead atoms. The Morgan fingerprint density at radius 1 is 1.11 bits per heavy atom. The Morgan fingerprint density at radius 2 is 1.83 bits per heavy atom. The second-order valence-corrected chi connectivity index (χ2v) is 9.27. The standard InChI is InChI=1S/C28H34N4O4/c1-17-26(18(2)36-31-17)27(30-20-13-21(34-5)15-22(14-20)35-6)28(33)24-16-29-25-10-9-19(12-23(24)25)8-7-11-32(3)4/h9-10,12-16,27,29-30H,7-8,11H2,1-6H3. The molecule has 0 aliphatic rings. The molecule has 4 rings (SSSR count). The average molecular weight is 491 g/mol. The number of nitrogens with zero attached hydrogens (tertiary/aromatic N) is 2. The highest BCUT2D eigenvalue weighted by Crippen LogP contribution is 2.34. The van der Waals surface area contributed by atoms with Gasteiger partial charge in [0.25, 0.3) is 0 Å². The second kappa shape index (κ2) is 10.9. The predicted molar refractivity (Wildman–Crippen MR) is 141 cm³/mol. The van der Waals surface area contributed by atoms with E-state index in [9.17, 15) is 4.79 Å². The summed E-state index contributed by atoms with van der Waals surface area (Å²) < 4.78 is 16.3. The van der Waals surface area contributed by atoms with Gasteiger partial charge in [-0.25, -0.2) is 0 Å². The summed E-state index contributed by atoms with van der Waals surface area (Å²) in [6.07, 6.45) is 3.78. The smallest absolute Gasteiger partial charge is 0.191 e. The lowest BCUT2D eigenvalue weighted by molar-refractivity contribution is 0.0970. The van der Waals surface area contributed by atoms with E-state index in [-0.39, 0.29) is 5.78 Å². The minimum Gasteiger partial charge on any atom is -0.497 e. The van der Waals surface area contributed by atoms with Crippen molar-refractivity contribution in [1.82, 2.24) is 15.0 Å². The molecule has 8 nitrogen and oxygen atoms in total. The number of nitrogens with one attached hydrogen (secondary N) is 2. The van der Waals surface area contributed by atoms with Crippen molar-refractivity contribution >= 4 is 22.4 Å². The molecule has 0 saturated heterocycles. The van der Waals surface area contributed by atoms with Crippen LogP contribution in [0.3, 0.4) is 0 Å². The third-order valence-corrected chi connectivity index (χ3v) is 6.38. The van der Waals surface area contributed by atoms with Crippen molar-refractivity contribution in [3.8, 4) is 11.5 Å². The number of aryl methyl sites for hydroxylation is 3. The van der Waals surface area contributed by atoms with Gasteiger partial charge in [0.15, 0.2) is 5.78 Å². The molecule has 190 valence electrons. The first-order valence-corrected chi connectivity index (χ1v) is 12.0. The molecule has 0 fully saturated rings. The molecular formula is C28H34N4O4. The molecule has 0 aliphatic carbocycles. The SMILES string of the molecule is COc1cc(NC(C(=O)c2c[nH]c3ccc(CCCN(C)C)cc23)c2c(C)noc2C)cc(OC)c1. The number of ether oxygens (including phenoxy) is 2. The molecular weight excluding hydrogens is 456 g/mol. The Morgan fingerprint density at radius 3 is 2.44 bits per heavy atom. The normalized spacial score (nSPS) is 12.2. The number of benzene rings is 2. The van der Waals surface area contributed by atoms with Crippen LogP contribution < -0.4 is 14.8 Å². The highest BCUT2D eigenvalue weighted by atomic mass is 16.5. The first-order valence-electron chi connectivity index (χ1n) is 12.0. The number of methoxy groups -OCH3 is 2. The van der Waals surface area contributed by atoms with Gasteiger partial charge < -0.3 is 29.2 Å². The molecule has 1 unspecified atom stereocenters. The van der Waals surface area contributed by atoms with Gasteiger partial charge in [0, 0.05) is 52.1 Å². The topological polar surface area (TPSA) is 92.6 Å². The maximum Gasteiger partial charge on any atom is 0.191 e. The largest absolute Gasteiger partial charge is 0.497 e. The van der Waals surface area contributed by atoms with Crippen LogP contribution in [-0.2, 0) is 6.42 Å². The summed E-state index contributed by atoms with van der Waals surface area (Å²) in [4.78, 5) is 19.6. The van der Waals surface area contributed by atoms with Crippen molar-refractivity contribution in [2.75, 3.05) is 40.2 Å². The first kappa shape index (κ1) is 25.3. The Balaban J connectivity index is 1.73. The quantitative estimate of drug-likeness (QED) is 0.275. The number of anilines is 1. The van der Waals surface area contributed by atoms with Crippen molar-refractivity contribution in [2.24, 2.45) is 0 Å². The Hall–Kier alpha value is -3.78. The number of hydrogen-bond donors (Lipinski definition) is 2. The Labute approximate surface area is 211 Å². The lowest BCUT2D eigenvalue weighted by atomic mass is 9.94. The van der Waals surface area contributed by atoms with Gasteiger partial charge in [0.2, 0.25) is 0 Å². The van der Waals surface area contributed by atoms with E-state index in [4.69, 9.17) is 14.0 Å². The maximum atomic E-state index is 14.1. The summed E-state index contributed by atoms with van der Waals surface area (Å²) in [5.74, 6) is 1.76. The fourth-order valence-corrected chi connectivity index (χ4v) is 4.51. The predicted octanol–water partition coefficient (Wildman–Crippen LogP) is 5.32. The van der Waals surface area contributed by atoms with Crippen LogP contribution in [0.4, 0.5) is 5.69 Å². The summed E-state index contributed by atoms with van der Waals surface area (Å²) in [6.45, 7) is 4.68. The van der Waals surface area contributed by atoms with Crippen LogP contribution in [0, 0.1) is 13.8 Å². The van der Waals surface area contributed by atoms with Crippen molar-refractivity contribution < 1.29 is 18.8 Å². The van der Waals surface area contributed by atoms with E-state index in [1.54, 1.807) is 26.5 Å². The van der Waals surface area contributed by atoms with E-state index >= 15 is 0 Å². The van der Waals surface area contributed by atoms with Gasteiger partial charge in [-0.3, -0.25) is 4.79 Å². The van der Waals surface area contributed by atoms with Gasteiger partial charge in [-0.15, -0.1) is 0 Å². The summed E-state index contributed by atoms with van der Waals surface area (Å²) in [6, 6.07) is 11.0. The molecule has 0 amide bonds. The van der Waals surface area contributed by atoms with Crippen LogP contribution in [0.25, 0.3) is 10.9 Å². The number of carbonyl (C=O) groups is 1. The van der Waals surface area contributed by atoms with Crippen molar-refractivity contribution in [2.45, 2.75) is 32.7 Å². The number of rotatable bonds is 11. The second-order valence-electron chi connectivity index (χ2n) is 9.27. The zero-order valence-corrected chi connectivity index (χ0v) is 21.8. The molecule has 2 aromatic heterocycles. The molecule has 4 aromatic rings. The number of aromatic nitrogens is 2. The van der Waals surface area contributed by atoms with Crippen molar-refractivity contribution in [3.05, 3.63) is 70.7 Å². The van der Waals surface area contributed by atoms with E-state index in [1.165, 1.54) is 5.56 Å². The molecule has 0 spiro atoms. The minimum atomic E-state index is -0.718. The fraction of sp³-hybridized carbons (Fsp3) is 0.357. The van der Waals surface area contributed by atoms with E-state index in [0.29, 0.717) is 34.2 Å². The number of H-pyrrole nitrogens is 1. The number of ketones is 1. The van der Waals surface area contributed by atoms with E-state index in [2.05, 4.69) is 46.6 Å². The fourth-order valence-electron chi connectivity index (χ4n) is 4.51. The Bertz CT molecular complexity index is 1310. The van der Waals surface area contributed by atoms with Gasteiger partial charge in [-0.05, 0) is 65.0 Å². The van der Waals surface area contributed by atoms with Gasteiger partial charge in [-0.1, -0.05) is 11.2 Å². The van der Waals surface area contributed by atoms with Crippen LogP contribution >= 0.6 is 0 Å². The molecule has 2 N–H and O–H groups in total. The molecule has 2 aromatic carbocycles. The van der Waals surface area contributed by atoms with E-state index in [0.717, 1.165) is 35.9 Å². The molecule has 0 aliphatic heterocycles. The zero-order valence-electron chi connectivity index (χ0n) is 21.8. The lowest BCUT2D eigenvalue weighted by Crippen LogP contribution is -2.22. The number of Topliss-reactive ketones (excluding diaryl/α,β-unsaturated/α-hetero) is 1. The summed E-state index contributed by atoms with van der Waals surface area (Å²) in [7, 11) is 7.34. The van der Waals surface area contributed by atoms with E-state index in [1.807, 2.05) is 32.0 Å². The van der Waals surface area contributed by atoms with Crippen LogP contribution in [0.2, 0.25) is 0 Å². The number of hydrogen-bond acceptors (Lipinski definition) is 7. The van der Waals surface area contributed by atoms with Crippen LogP contribution in [0.1, 0.15) is 45.4 Å². The summed E-state index contributed by atoms with van der Waals surface area (Å²) >= 11 is 0. The monoisotopic (exact) mass is 490 g/mol. The summed E-state index contributed by atoms with van der Waals surface area (Å²) in [5, 5.41) is 8.41. The molecule has 36 heavy (non-hydrogen) atoms. The van der Waals surface area contributed by atoms with Gasteiger partial charge in [0.1, 0.15) is 23.3 Å². The summed E-state index contributed by atoms with van der Waals surface area (Å²) in [5.41, 5.74) is 4.82. The number of aromatic amines is 1. The molecule has 2 heterocycles. The first-order chi connectivity index (χ1) is 17.3.